The number of thioether (sulfide) groups is 1. The Balaban J connectivity index is 1.70. The molecule has 1 heterocycles. The molecule has 0 radical (unpaired) electrons. The van der Waals surface area contributed by atoms with Crippen LogP contribution in [0.1, 0.15) is 12.6 Å². The van der Waals surface area contributed by atoms with Crippen LogP contribution in [0.2, 0.25) is 0 Å². The molecule has 6 nitrogen and oxygen atoms in total. The second-order valence-corrected chi connectivity index (χ2v) is 6.71. The molecule has 0 saturated heterocycles. The molecule has 0 fully saturated rings. The lowest BCUT2D eigenvalue weighted by atomic mass is 10.3. The summed E-state index contributed by atoms with van der Waals surface area (Å²) in [5.41, 5.74) is 0.883. The van der Waals surface area contributed by atoms with Crippen LogP contribution in [0.15, 0.2) is 58.2 Å². The third kappa shape index (κ3) is 4.85. The lowest BCUT2D eigenvalue weighted by Gasteiger charge is -2.11. The number of rotatable bonds is 7. The minimum Gasteiger partial charge on any atom is -0.494 e. The highest BCUT2D eigenvalue weighted by molar-refractivity contribution is 7.98. The maximum atomic E-state index is 13.0. The second-order valence-electron chi connectivity index (χ2n) is 5.66. The van der Waals surface area contributed by atoms with Gasteiger partial charge in [0.25, 0.3) is 5.56 Å². The van der Waals surface area contributed by atoms with Gasteiger partial charge in [0.1, 0.15) is 17.3 Å². The minimum atomic E-state index is -0.292. The van der Waals surface area contributed by atoms with Gasteiger partial charge < -0.3 is 10.1 Å². The van der Waals surface area contributed by atoms with Crippen molar-refractivity contribution in [1.29, 1.82) is 0 Å². The van der Waals surface area contributed by atoms with Crippen LogP contribution in [0.25, 0.3) is 0 Å². The number of aromatic nitrogens is 3. The summed E-state index contributed by atoms with van der Waals surface area (Å²) in [5, 5.41) is 11.2. The van der Waals surface area contributed by atoms with Gasteiger partial charge in [-0.05, 0) is 55.5 Å². The molecule has 0 aliphatic rings. The highest BCUT2D eigenvalue weighted by Crippen LogP contribution is 2.21. The van der Waals surface area contributed by atoms with Gasteiger partial charge in [0.15, 0.2) is 0 Å². The van der Waals surface area contributed by atoms with Gasteiger partial charge in [-0.2, -0.15) is 0 Å². The number of benzene rings is 2. The van der Waals surface area contributed by atoms with Crippen LogP contribution < -0.4 is 15.6 Å². The Labute approximate surface area is 160 Å². The molecule has 3 rings (SSSR count). The van der Waals surface area contributed by atoms with E-state index in [1.807, 2.05) is 31.2 Å². The molecule has 3 aromatic rings. The Morgan fingerprint density at radius 3 is 2.48 bits per heavy atom. The first-order chi connectivity index (χ1) is 13.1. The first kappa shape index (κ1) is 18.9. The lowest BCUT2D eigenvalue weighted by Crippen LogP contribution is -2.26. The average molecular weight is 386 g/mol. The second kappa shape index (κ2) is 8.68. The minimum absolute atomic E-state index is 0.229. The van der Waals surface area contributed by atoms with Crippen molar-refractivity contribution in [3.05, 3.63) is 70.4 Å². The molecule has 1 N–H and O–H groups in total. The van der Waals surface area contributed by atoms with E-state index in [0.29, 0.717) is 24.0 Å². The number of hydrogen-bond acceptors (Lipinski definition) is 6. The van der Waals surface area contributed by atoms with Gasteiger partial charge >= 0.3 is 0 Å². The highest BCUT2D eigenvalue weighted by atomic mass is 32.2. The van der Waals surface area contributed by atoms with Gasteiger partial charge in [0, 0.05) is 23.4 Å². The van der Waals surface area contributed by atoms with Crippen molar-refractivity contribution >= 4 is 23.4 Å². The quantitative estimate of drug-likeness (QED) is 0.624. The Kier molecular flexibility index (Phi) is 6.08. The molecule has 2 aromatic carbocycles. The fraction of sp³-hybridized carbons (Fsp3) is 0.211. The van der Waals surface area contributed by atoms with Gasteiger partial charge in [0.05, 0.1) is 6.61 Å². The summed E-state index contributed by atoms with van der Waals surface area (Å²) >= 11 is 1.40. The number of hydrogen-bond donors (Lipinski definition) is 1. The number of nitrogens with zero attached hydrogens (tertiary/aromatic N) is 3. The maximum Gasteiger partial charge on any atom is 0.277 e. The molecule has 0 saturated carbocycles. The lowest BCUT2D eigenvalue weighted by molar-refractivity contribution is 0.340. The molecule has 0 unspecified atom stereocenters. The normalized spacial score (nSPS) is 10.6. The van der Waals surface area contributed by atoms with Crippen molar-refractivity contribution < 1.29 is 9.13 Å². The zero-order valence-corrected chi connectivity index (χ0v) is 15.8. The van der Waals surface area contributed by atoms with E-state index in [2.05, 4.69) is 15.5 Å². The van der Waals surface area contributed by atoms with Crippen LogP contribution in [0.4, 0.5) is 16.0 Å². The van der Waals surface area contributed by atoms with E-state index < -0.39 is 0 Å². The zero-order chi connectivity index (χ0) is 19.2. The molecule has 0 aliphatic carbocycles. The van der Waals surface area contributed by atoms with Crippen LogP contribution in [-0.4, -0.2) is 21.4 Å². The van der Waals surface area contributed by atoms with Crippen LogP contribution in [0.5, 0.6) is 5.75 Å². The molecule has 0 amide bonds. The average Bonchev–Trinajstić information content (AvgIpc) is 2.68. The summed E-state index contributed by atoms with van der Waals surface area (Å²) in [6, 6.07) is 13.5. The standard InChI is InChI=1S/C19H19FN4O2S/c1-3-26-15-8-6-14(7-9-15)21-19-23-22-17(18(25)24(19)2)12-27-16-10-4-13(20)5-11-16/h4-11H,3,12H2,1-2H3,(H,21,23). The van der Waals surface area contributed by atoms with Crippen molar-refractivity contribution in [1.82, 2.24) is 14.8 Å². The van der Waals surface area contributed by atoms with E-state index in [9.17, 15) is 9.18 Å². The van der Waals surface area contributed by atoms with Gasteiger partial charge in [-0.25, -0.2) is 4.39 Å². The summed E-state index contributed by atoms with van der Waals surface area (Å²) in [5.74, 6) is 1.19. The Morgan fingerprint density at radius 2 is 1.81 bits per heavy atom. The molecule has 0 atom stereocenters. The molecule has 140 valence electrons. The fourth-order valence-corrected chi connectivity index (χ4v) is 3.13. The van der Waals surface area contributed by atoms with E-state index in [1.165, 1.54) is 28.5 Å². The predicted octanol–water partition coefficient (Wildman–Crippen LogP) is 3.75. The van der Waals surface area contributed by atoms with Gasteiger partial charge in [-0.15, -0.1) is 22.0 Å². The van der Waals surface area contributed by atoms with Crippen molar-refractivity contribution in [2.45, 2.75) is 17.6 Å². The smallest absolute Gasteiger partial charge is 0.277 e. The van der Waals surface area contributed by atoms with E-state index in [-0.39, 0.29) is 11.4 Å². The third-order valence-electron chi connectivity index (χ3n) is 3.75. The SMILES string of the molecule is CCOc1ccc(Nc2nnc(CSc3ccc(F)cc3)c(=O)n2C)cc1. The van der Waals surface area contributed by atoms with Gasteiger partial charge in [0.2, 0.25) is 5.95 Å². The first-order valence-corrected chi connectivity index (χ1v) is 9.36. The van der Waals surface area contributed by atoms with Gasteiger partial charge in [-0.3, -0.25) is 9.36 Å². The Hall–Kier alpha value is -2.87. The molecule has 8 heteroatoms. The summed E-state index contributed by atoms with van der Waals surface area (Å²) in [6.07, 6.45) is 0. The Bertz CT molecular complexity index is 959. The van der Waals surface area contributed by atoms with E-state index in [1.54, 1.807) is 19.2 Å². The number of halogens is 1. The molecule has 0 aliphatic heterocycles. The molecular formula is C19H19FN4O2S. The molecular weight excluding hydrogens is 367 g/mol. The van der Waals surface area contributed by atoms with E-state index in [4.69, 9.17) is 4.74 Å². The fourth-order valence-electron chi connectivity index (χ4n) is 2.32. The molecule has 27 heavy (non-hydrogen) atoms. The predicted molar refractivity (Wildman–Crippen MR) is 104 cm³/mol. The number of nitrogens with one attached hydrogen (secondary N) is 1. The van der Waals surface area contributed by atoms with Crippen molar-refractivity contribution in [3.8, 4) is 5.75 Å². The monoisotopic (exact) mass is 386 g/mol. The number of ether oxygens (including phenoxy) is 1. The third-order valence-corrected chi connectivity index (χ3v) is 4.77. The molecule has 0 spiro atoms. The van der Waals surface area contributed by atoms with Crippen molar-refractivity contribution in [2.75, 3.05) is 11.9 Å². The molecule has 0 bridgehead atoms. The maximum absolute atomic E-state index is 13.0. The Morgan fingerprint density at radius 1 is 1.11 bits per heavy atom. The van der Waals surface area contributed by atoms with E-state index >= 15 is 0 Å². The van der Waals surface area contributed by atoms with Crippen molar-refractivity contribution in [2.24, 2.45) is 7.05 Å². The van der Waals surface area contributed by atoms with Gasteiger partial charge in [-0.1, -0.05) is 0 Å². The summed E-state index contributed by atoms with van der Waals surface area (Å²) in [6.45, 7) is 2.53. The van der Waals surface area contributed by atoms with Crippen LogP contribution in [0.3, 0.4) is 0 Å². The molecule has 1 aromatic heterocycles. The summed E-state index contributed by atoms with van der Waals surface area (Å²) in [4.78, 5) is 13.4. The number of anilines is 2. The zero-order valence-electron chi connectivity index (χ0n) is 15.0. The summed E-state index contributed by atoms with van der Waals surface area (Å²) in [7, 11) is 1.64. The first-order valence-electron chi connectivity index (χ1n) is 8.37. The van der Waals surface area contributed by atoms with Crippen LogP contribution in [-0.2, 0) is 12.8 Å². The topological polar surface area (TPSA) is 69.0 Å². The van der Waals surface area contributed by atoms with Crippen LogP contribution >= 0.6 is 11.8 Å². The van der Waals surface area contributed by atoms with E-state index in [0.717, 1.165) is 16.3 Å². The summed E-state index contributed by atoms with van der Waals surface area (Å²) < 4.78 is 19.8. The highest BCUT2D eigenvalue weighted by Gasteiger charge is 2.10. The largest absolute Gasteiger partial charge is 0.494 e. The van der Waals surface area contributed by atoms with Crippen molar-refractivity contribution in [3.63, 3.8) is 0 Å². The van der Waals surface area contributed by atoms with Crippen LogP contribution in [0, 0.1) is 5.82 Å².